The molecule has 5 unspecified atom stereocenters. The third-order valence-electron chi connectivity index (χ3n) is 14.9. The molecule has 0 amide bonds. The topological polar surface area (TPSA) is 228 Å². The number of nitrogens with zero attached hydrogens (tertiary/aromatic N) is 3. The number of alkyl halides is 3. The molecule has 3 aliphatic rings. The van der Waals surface area contributed by atoms with Crippen LogP contribution in [0.1, 0.15) is 170 Å². The van der Waals surface area contributed by atoms with E-state index in [-0.39, 0.29) is 56.2 Å². The minimum absolute atomic E-state index is 0.0754. The fourth-order valence-electron chi connectivity index (χ4n) is 10.0. The van der Waals surface area contributed by atoms with Crippen molar-refractivity contribution in [2.75, 3.05) is 0 Å². The summed E-state index contributed by atoms with van der Waals surface area (Å²) in [7, 11) is 0. The highest BCUT2D eigenvalue weighted by molar-refractivity contribution is 5.77. The van der Waals surface area contributed by atoms with Crippen LogP contribution in [0.15, 0.2) is 90.5 Å². The van der Waals surface area contributed by atoms with Crippen molar-refractivity contribution in [2.45, 2.75) is 155 Å². The van der Waals surface area contributed by atoms with Gasteiger partial charge in [-0.15, -0.1) is 0 Å². The van der Waals surface area contributed by atoms with Crippen LogP contribution >= 0.6 is 0 Å². The third-order valence-corrected chi connectivity index (χ3v) is 14.9. The maximum Gasteiger partial charge on any atom is 0.337 e. The molecule has 5 atom stereocenters. The molecule has 3 fully saturated rings. The van der Waals surface area contributed by atoms with E-state index in [0.29, 0.717) is 47.3 Å². The Morgan fingerprint density at radius 3 is 1.36 bits per heavy atom. The summed E-state index contributed by atoms with van der Waals surface area (Å²) in [6.45, 7) is 8.18. The standard InChI is InChI=1S/C21H21FN2O3.C17H21FN2O3.C16H19FN2O3/c1-13(22)18-23-19(26)17-14(12-16(25)27-20(17)24-18)6-5-9-21(10-11-21)15-7-3-2-4-8-15;1-3-17(7-8-17)6-4-5-11-9-12(21)23-16-13(11)15(22)19-14(20-16)10(2)18;1-3-9-6-10(9)4-5-11-7-12(20)22-16-13(11)15(21)18-14(19-16)8(2)17/h2-4,7-8,12-13H,5-6,9-11H2,1H3,(H,23,24,26);9-10H,3-8H2,1-2H3,(H,19,20,22);7-10H,3-6H2,1-2H3,(H,18,19,21). The van der Waals surface area contributed by atoms with E-state index in [1.54, 1.807) is 0 Å². The molecule has 10 rings (SSSR count). The minimum atomic E-state index is -1.45. The number of halogens is 3. The van der Waals surface area contributed by atoms with Gasteiger partial charge in [-0.05, 0) is 149 Å². The Kier molecular flexibility index (Phi) is 15.5. The van der Waals surface area contributed by atoms with Gasteiger partial charge in [-0.3, -0.25) is 14.4 Å². The van der Waals surface area contributed by atoms with E-state index in [0.717, 1.165) is 50.9 Å². The van der Waals surface area contributed by atoms with Gasteiger partial charge >= 0.3 is 16.9 Å². The van der Waals surface area contributed by atoms with Gasteiger partial charge in [-0.25, -0.2) is 27.6 Å². The fourth-order valence-corrected chi connectivity index (χ4v) is 10.0. The number of nitrogens with one attached hydrogen (secondary N) is 3. The lowest BCUT2D eigenvalue weighted by Crippen LogP contribution is -2.17. The van der Waals surface area contributed by atoms with Gasteiger partial charge in [0, 0.05) is 18.2 Å². The summed E-state index contributed by atoms with van der Waals surface area (Å²) >= 11 is 0. The van der Waals surface area contributed by atoms with Crippen LogP contribution in [0.25, 0.3) is 33.3 Å². The van der Waals surface area contributed by atoms with Crippen LogP contribution in [0.2, 0.25) is 0 Å². The van der Waals surface area contributed by atoms with E-state index in [1.807, 2.05) is 6.07 Å². The number of rotatable bonds is 17. The predicted octanol–water partition coefficient (Wildman–Crippen LogP) is 10.3. The average molecular weight is 995 g/mol. The van der Waals surface area contributed by atoms with Crippen molar-refractivity contribution in [3.05, 3.63) is 151 Å². The van der Waals surface area contributed by atoms with E-state index in [4.69, 9.17) is 13.3 Å². The zero-order chi connectivity index (χ0) is 51.5. The molecular weight excluding hydrogens is 934 g/mol. The number of hydrogen-bond acceptors (Lipinski definition) is 12. The molecule has 0 spiro atoms. The molecule has 6 heterocycles. The molecule has 18 heteroatoms. The van der Waals surface area contributed by atoms with Crippen molar-refractivity contribution in [3.8, 4) is 0 Å². The Labute approximate surface area is 411 Å². The number of aromatic amines is 3. The largest absolute Gasteiger partial charge is 0.403 e. The number of H-pyrrole nitrogens is 3. The molecule has 0 aliphatic heterocycles. The maximum absolute atomic E-state index is 13.5. The SMILES string of the molecule is CC(F)c1nc2oc(=O)cc(CCCC3(c4ccccc4)CC3)c2c(=O)[nH]1.CCC1(CCCc2cc(=O)oc3nc(C(C)F)[nH]c(=O)c23)CC1.CCC1CC1CCc1cc(=O)oc2nc(C(C)F)[nH]c(=O)c12. The first-order valence-electron chi connectivity index (χ1n) is 25.1. The van der Waals surface area contributed by atoms with Gasteiger partial charge in [-0.2, -0.15) is 15.0 Å². The minimum Gasteiger partial charge on any atom is -0.403 e. The highest BCUT2D eigenvalue weighted by Crippen LogP contribution is 2.53. The Morgan fingerprint density at radius 2 is 1.00 bits per heavy atom. The zero-order valence-electron chi connectivity index (χ0n) is 41.3. The first kappa shape index (κ1) is 51.6. The lowest BCUT2D eigenvalue weighted by molar-refractivity contribution is 0.354. The Morgan fingerprint density at radius 1 is 0.583 bits per heavy atom. The van der Waals surface area contributed by atoms with Crippen molar-refractivity contribution in [2.24, 2.45) is 17.3 Å². The van der Waals surface area contributed by atoms with Gasteiger partial charge in [0.15, 0.2) is 18.5 Å². The molecule has 3 saturated carbocycles. The van der Waals surface area contributed by atoms with Gasteiger partial charge in [-0.1, -0.05) is 57.0 Å². The van der Waals surface area contributed by atoms with Gasteiger partial charge in [0.05, 0.1) is 0 Å². The van der Waals surface area contributed by atoms with Crippen molar-refractivity contribution in [1.82, 2.24) is 29.9 Å². The smallest absolute Gasteiger partial charge is 0.337 e. The van der Waals surface area contributed by atoms with Crippen molar-refractivity contribution < 1.29 is 26.4 Å². The average Bonchev–Trinajstić information content (AvgIpc) is 4.25. The lowest BCUT2D eigenvalue weighted by Gasteiger charge is -2.15. The Hall–Kier alpha value is -6.72. The van der Waals surface area contributed by atoms with Crippen molar-refractivity contribution in [1.29, 1.82) is 0 Å². The van der Waals surface area contributed by atoms with Gasteiger partial charge in [0.1, 0.15) is 33.6 Å². The summed E-state index contributed by atoms with van der Waals surface area (Å²) in [5.41, 5.74) is 0.617. The summed E-state index contributed by atoms with van der Waals surface area (Å²) in [4.78, 5) is 91.3. The molecule has 3 aliphatic carbocycles. The Balaban J connectivity index is 0.000000145. The van der Waals surface area contributed by atoms with E-state index in [1.165, 1.54) is 76.6 Å². The number of aromatic nitrogens is 6. The van der Waals surface area contributed by atoms with Crippen LogP contribution in [-0.4, -0.2) is 29.9 Å². The van der Waals surface area contributed by atoms with Crippen LogP contribution < -0.4 is 33.6 Å². The molecule has 1 aromatic carbocycles. The summed E-state index contributed by atoms with van der Waals surface area (Å²) in [6, 6.07) is 14.5. The summed E-state index contributed by atoms with van der Waals surface area (Å²) < 4.78 is 55.2. The zero-order valence-corrected chi connectivity index (χ0v) is 41.3. The number of benzene rings is 1. The summed E-state index contributed by atoms with van der Waals surface area (Å²) in [5.74, 6) is 1.07. The summed E-state index contributed by atoms with van der Waals surface area (Å²) in [5, 5.41) is 0.761. The van der Waals surface area contributed by atoms with E-state index < -0.39 is 52.1 Å². The predicted molar refractivity (Wildman–Crippen MR) is 267 cm³/mol. The van der Waals surface area contributed by atoms with Crippen LogP contribution in [0.3, 0.4) is 0 Å². The molecule has 6 aromatic heterocycles. The highest BCUT2D eigenvalue weighted by atomic mass is 19.1. The van der Waals surface area contributed by atoms with Crippen molar-refractivity contribution >= 4 is 33.3 Å². The second-order valence-electron chi connectivity index (χ2n) is 19.9. The highest BCUT2D eigenvalue weighted by Gasteiger charge is 2.43. The van der Waals surface area contributed by atoms with Crippen LogP contribution in [0.4, 0.5) is 13.2 Å². The van der Waals surface area contributed by atoms with Gasteiger partial charge in [0.25, 0.3) is 16.7 Å². The van der Waals surface area contributed by atoms with Crippen molar-refractivity contribution in [3.63, 3.8) is 0 Å². The van der Waals surface area contributed by atoms with E-state index in [9.17, 15) is 41.9 Å². The molecule has 382 valence electrons. The van der Waals surface area contributed by atoms with E-state index >= 15 is 0 Å². The van der Waals surface area contributed by atoms with Crippen LogP contribution in [0, 0.1) is 17.3 Å². The second-order valence-corrected chi connectivity index (χ2v) is 19.9. The number of hydrogen-bond donors (Lipinski definition) is 3. The molecule has 0 radical (unpaired) electrons. The molecule has 15 nitrogen and oxygen atoms in total. The first-order chi connectivity index (χ1) is 34.4. The van der Waals surface area contributed by atoms with Gasteiger partial charge in [0.2, 0.25) is 17.1 Å². The van der Waals surface area contributed by atoms with Crippen LogP contribution in [0.5, 0.6) is 0 Å². The quantitative estimate of drug-likeness (QED) is 0.0774. The lowest BCUT2D eigenvalue weighted by atomic mass is 9.89. The second kappa shape index (κ2) is 21.6. The number of fused-ring (bicyclic) bond motifs is 3. The normalized spacial score (nSPS) is 18.4. The molecular formula is C54H61F3N6O9. The third kappa shape index (κ3) is 12.0. The summed E-state index contributed by atoms with van der Waals surface area (Å²) in [6.07, 6.45) is 10.7. The molecule has 72 heavy (non-hydrogen) atoms. The molecule has 3 N–H and O–H groups in total. The molecule has 7 aromatic rings. The molecule has 0 bridgehead atoms. The Bertz CT molecular complexity index is 3440. The van der Waals surface area contributed by atoms with E-state index in [2.05, 4.69) is 68.0 Å². The monoisotopic (exact) mass is 994 g/mol. The first-order valence-corrected chi connectivity index (χ1v) is 25.1. The fraction of sp³-hybridized carbons (Fsp3) is 0.500. The maximum atomic E-state index is 13.5. The number of aryl methyl sites for hydroxylation is 3. The van der Waals surface area contributed by atoms with Crippen LogP contribution in [-0.2, 0) is 24.7 Å². The molecule has 0 saturated heterocycles. The van der Waals surface area contributed by atoms with Gasteiger partial charge < -0.3 is 28.2 Å².